The highest BCUT2D eigenvalue weighted by Crippen LogP contribution is 2.48. The monoisotopic (exact) mass is 740 g/mol. The van der Waals surface area contributed by atoms with Gasteiger partial charge < -0.3 is 22.9 Å². The molecule has 2 aliphatic rings. The highest BCUT2D eigenvalue weighted by atomic mass is 35.5. The van der Waals surface area contributed by atoms with Gasteiger partial charge in [0.05, 0.1) is 11.4 Å². The fraction of sp³-hybridized carbons (Fsp3) is 0.108. The molecule has 252 valence electrons. The maximum atomic E-state index is 15.5. The molecule has 0 fully saturated rings. The van der Waals surface area contributed by atoms with Crippen LogP contribution in [0.25, 0.3) is 0 Å². The number of carbonyl (C=O) groups is 3. The summed E-state index contributed by atoms with van der Waals surface area (Å²) in [5.74, 6) is -7.51. The van der Waals surface area contributed by atoms with Crippen LogP contribution in [0, 0.1) is 11.8 Å². The summed E-state index contributed by atoms with van der Waals surface area (Å²) in [4.78, 5) is 47.5. The first-order valence-electron chi connectivity index (χ1n) is 15.3. The number of ketones is 1. The molecule has 2 amide bonds. The number of carbonyl (C=O) groups excluding carboxylic acids is 3. The lowest BCUT2D eigenvalue weighted by atomic mass is 9.67. The minimum atomic E-state index is -1.56. The van der Waals surface area contributed by atoms with Gasteiger partial charge >= 0.3 is 0 Å². The van der Waals surface area contributed by atoms with E-state index < -0.39 is 41.3 Å². The number of hydrogen-bond acceptors (Lipinski definition) is 7. The first kappa shape index (κ1) is 34.8. The van der Waals surface area contributed by atoms with Crippen molar-refractivity contribution < 1.29 is 14.4 Å². The van der Waals surface area contributed by atoms with Crippen LogP contribution in [-0.4, -0.2) is 27.6 Å². The second kappa shape index (κ2) is 14.0. The van der Waals surface area contributed by atoms with E-state index in [0.717, 1.165) is 0 Å². The van der Waals surface area contributed by atoms with E-state index in [1.54, 1.807) is 109 Å². The van der Waals surface area contributed by atoms with Crippen LogP contribution in [0.1, 0.15) is 23.0 Å². The molecule has 2 aliphatic heterocycles. The van der Waals surface area contributed by atoms with E-state index >= 15 is 4.79 Å². The lowest BCUT2D eigenvalue weighted by molar-refractivity contribution is -0.140. The summed E-state index contributed by atoms with van der Waals surface area (Å²) in [6.07, 6.45) is 0. The van der Waals surface area contributed by atoms with Crippen LogP contribution in [0.3, 0.4) is 0 Å². The van der Waals surface area contributed by atoms with Gasteiger partial charge in [0, 0.05) is 33.0 Å². The highest BCUT2D eigenvalue weighted by Gasteiger charge is 2.55. The van der Waals surface area contributed by atoms with Crippen molar-refractivity contribution in [3.63, 3.8) is 0 Å². The van der Waals surface area contributed by atoms with Crippen LogP contribution >= 0.6 is 47.6 Å². The number of hydrogen-bond donors (Lipinski definition) is 4. The van der Waals surface area contributed by atoms with Crippen LogP contribution in [0.15, 0.2) is 132 Å². The largest absolute Gasteiger partial charge is 0.390 e. The van der Waals surface area contributed by atoms with Crippen molar-refractivity contribution in [3.8, 4) is 0 Å². The Bertz CT molecular complexity index is 1940. The molecule has 50 heavy (non-hydrogen) atoms. The molecule has 0 saturated heterocycles. The van der Waals surface area contributed by atoms with Crippen molar-refractivity contribution in [3.05, 3.63) is 153 Å². The highest BCUT2D eigenvalue weighted by molar-refractivity contribution is 7.81. The average Bonchev–Trinajstić information content (AvgIpc) is 3.09. The van der Waals surface area contributed by atoms with Crippen LogP contribution in [0.5, 0.6) is 0 Å². The zero-order valence-electron chi connectivity index (χ0n) is 26.2. The van der Waals surface area contributed by atoms with E-state index in [1.807, 2.05) is 0 Å². The number of amides is 2. The zero-order chi connectivity index (χ0) is 35.9. The molecule has 2 heterocycles. The smallest absolute Gasteiger partial charge is 0.244 e. The van der Waals surface area contributed by atoms with Gasteiger partial charge in [0.25, 0.3) is 0 Å². The quantitative estimate of drug-likeness (QED) is 0.132. The summed E-state index contributed by atoms with van der Waals surface area (Å²) >= 11 is 23.6. The summed E-state index contributed by atoms with van der Waals surface area (Å²) < 4.78 is 0. The van der Waals surface area contributed by atoms with Gasteiger partial charge in [-0.15, -0.1) is 0 Å². The van der Waals surface area contributed by atoms with E-state index in [-0.39, 0.29) is 32.8 Å². The van der Waals surface area contributed by atoms with Crippen molar-refractivity contribution in [1.29, 1.82) is 0 Å². The van der Waals surface area contributed by atoms with Crippen LogP contribution in [0.4, 0.5) is 11.4 Å². The molecule has 0 bridgehead atoms. The number of benzene rings is 4. The van der Waals surface area contributed by atoms with E-state index in [1.165, 1.54) is 9.80 Å². The first-order valence-corrected chi connectivity index (χ1v) is 16.9. The number of Topliss-reactive ketones (excluding diaryl/α,β-unsaturated/α-hetero) is 1. The predicted molar refractivity (Wildman–Crippen MR) is 204 cm³/mol. The Morgan fingerprint density at radius 2 is 0.880 bits per heavy atom. The molecular weight excluding hydrogens is 711 g/mol. The van der Waals surface area contributed by atoms with Gasteiger partial charge in [-0.25, -0.2) is 0 Å². The molecule has 0 spiro atoms. The first-order chi connectivity index (χ1) is 23.9. The number of para-hydroxylation sites is 2. The molecular formula is C37H30Cl2N6O3S2. The van der Waals surface area contributed by atoms with Gasteiger partial charge in [0.2, 0.25) is 11.8 Å². The molecule has 8 N–H and O–H groups in total. The number of nitrogens with zero attached hydrogens (tertiary/aromatic N) is 2. The molecule has 0 saturated carbocycles. The normalized spacial score (nSPS) is 21.0. The molecule has 9 nitrogen and oxygen atoms in total. The van der Waals surface area contributed by atoms with Gasteiger partial charge in [0.15, 0.2) is 5.78 Å². The van der Waals surface area contributed by atoms with Crippen molar-refractivity contribution in [2.75, 3.05) is 9.80 Å². The van der Waals surface area contributed by atoms with E-state index in [2.05, 4.69) is 0 Å². The van der Waals surface area contributed by atoms with E-state index in [9.17, 15) is 9.59 Å². The number of halogens is 2. The summed E-state index contributed by atoms with van der Waals surface area (Å²) in [5, 5.41) is 0.841. The van der Waals surface area contributed by atoms with Crippen molar-refractivity contribution in [1.82, 2.24) is 0 Å². The van der Waals surface area contributed by atoms with Gasteiger partial charge in [-0.3, -0.25) is 24.2 Å². The van der Waals surface area contributed by atoms with Crippen molar-refractivity contribution in [2.24, 2.45) is 34.8 Å². The van der Waals surface area contributed by atoms with Crippen molar-refractivity contribution >= 4 is 86.6 Å². The predicted octanol–water partition coefficient (Wildman–Crippen LogP) is 5.67. The SMILES string of the molecule is NC(=S)C1=C(N)N(c2ccccc2)C(=O)C(C(=O)C2C(=O)N(c3ccccc3)C(N)=C(C(N)=S)C2c2ccc(Cl)cc2)C1c1ccc(Cl)cc1. The molecule has 0 radical (unpaired) electrons. The van der Waals surface area contributed by atoms with Gasteiger partial charge in [0.1, 0.15) is 33.5 Å². The summed E-state index contributed by atoms with van der Waals surface area (Å²) in [5.41, 5.74) is 28.2. The Kier molecular flexibility index (Phi) is 9.77. The Balaban J connectivity index is 1.64. The van der Waals surface area contributed by atoms with Gasteiger partial charge in [-0.05, 0) is 59.7 Å². The van der Waals surface area contributed by atoms with Gasteiger partial charge in [-0.1, -0.05) is 108 Å². The minimum Gasteiger partial charge on any atom is -0.390 e. The Labute approximate surface area is 309 Å². The lowest BCUT2D eigenvalue weighted by Gasteiger charge is -2.43. The topological polar surface area (TPSA) is 162 Å². The molecule has 4 aromatic carbocycles. The summed E-state index contributed by atoms with van der Waals surface area (Å²) in [6, 6.07) is 30.2. The molecule has 0 aliphatic carbocycles. The van der Waals surface area contributed by atoms with Crippen LogP contribution < -0.4 is 32.7 Å². The third-order valence-corrected chi connectivity index (χ3v) is 9.87. The number of rotatable bonds is 8. The lowest BCUT2D eigenvalue weighted by Crippen LogP contribution is -2.57. The van der Waals surface area contributed by atoms with Crippen molar-refractivity contribution in [2.45, 2.75) is 11.8 Å². The zero-order valence-corrected chi connectivity index (χ0v) is 29.3. The third-order valence-electron chi connectivity index (χ3n) is 8.93. The number of nitrogens with two attached hydrogens (primary N) is 4. The molecule has 4 atom stereocenters. The molecule has 6 rings (SSSR count). The maximum Gasteiger partial charge on any atom is 0.244 e. The fourth-order valence-electron chi connectivity index (χ4n) is 6.76. The van der Waals surface area contributed by atoms with Gasteiger partial charge in [-0.2, -0.15) is 0 Å². The van der Waals surface area contributed by atoms with Crippen LogP contribution in [0.2, 0.25) is 10.0 Å². The Morgan fingerprint density at radius 1 is 0.560 bits per heavy atom. The molecule has 13 heteroatoms. The summed E-state index contributed by atoms with van der Waals surface area (Å²) in [6.45, 7) is 0. The number of anilines is 2. The average molecular weight is 742 g/mol. The Morgan fingerprint density at radius 3 is 1.18 bits per heavy atom. The Hall–Kier alpha value is -5.07. The second-order valence-electron chi connectivity index (χ2n) is 11.8. The van der Waals surface area contributed by atoms with E-state index in [0.29, 0.717) is 32.5 Å². The maximum absolute atomic E-state index is 15.5. The summed E-state index contributed by atoms with van der Waals surface area (Å²) in [7, 11) is 0. The van der Waals surface area contributed by atoms with E-state index in [4.69, 9.17) is 70.6 Å². The molecule has 4 unspecified atom stereocenters. The third kappa shape index (κ3) is 6.13. The van der Waals surface area contributed by atoms with Crippen LogP contribution in [-0.2, 0) is 14.4 Å². The fourth-order valence-corrected chi connectivity index (χ4v) is 7.48. The number of thiocarbonyl (C=S) groups is 2. The second-order valence-corrected chi connectivity index (χ2v) is 13.5. The molecule has 0 aromatic heterocycles. The standard InChI is InChI=1S/C37H30Cl2N6O3S2/c38-21-15-11-19(12-16-21)25-27(36(47)44(23-7-3-1-4-8-23)32(40)29(25)34(42)49)31(46)28-26(20-13-17-22(39)18-14-20)30(35(43)50)33(41)45(37(28)48)24-9-5-2-6-10-24/h1-18,25-28H,40-41H2,(H2,42,49)(H2,43,50). The molecule has 4 aromatic rings. The minimum absolute atomic E-state index is 0.0409.